The van der Waals surface area contributed by atoms with Crippen molar-refractivity contribution in [3.8, 4) is 11.5 Å². The average molecular weight is 253 g/mol. The Hall–Kier alpha value is -1.26. The van der Waals surface area contributed by atoms with Crippen molar-refractivity contribution in [1.29, 1.82) is 0 Å². The minimum Gasteiger partial charge on any atom is -0.493 e. The molecule has 4 nitrogen and oxygen atoms in total. The smallest absolute Gasteiger partial charge is 0.161 e. The summed E-state index contributed by atoms with van der Waals surface area (Å²) in [6.07, 6.45) is 0.758. The van der Waals surface area contributed by atoms with Crippen LogP contribution in [-0.4, -0.2) is 31.5 Å². The van der Waals surface area contributed by atoms with Crippen molar-refractivity contribution >= 4 is 0 Å². The number of hydrogen-bond acceptors (Lipinski definition) is 4. The van der Waals surface area contributed by atoms with Crippen LogP contribution < -0.4 is 14.8 Å². The van der Waals surface area contributed by atoms with Crippen molar-refractivity contribution in [2.75, 3.05) is 20.3 Å². The largest absolute Gasteiger partial charge is 0.493 e. The van der Waals surface area contributed by atoms with Gasteiger partial charge in [0.2, 0.25) is 0 Å². The topological polar surface area (TPSA) is 50.7 Å². The van der Waals surface area contributed by atoms with Gasteiger partial charge in [-0.05, 0) is 38.0 Å². The zero-order valence-electron chi connectivity index (χ0n) is 11.4. The second-order valence-corrected chi connectivity index (χ2v) is 4.21. The molecular formula is C14H23NO3. The first-order chi connectivity index (χ1) is 8.71. The molecule has 0 amide bonds. The van der Waals surface area contributed by atoms with E-state index >= 15 is 0 Å². The lowest BCUT2D eigenvalue weighted by molar-refractivity contribution is 0.268. The summed E-state index contributed by atoms with van der Waals surface area (Å²) < 4.78 is 10.8. The van der Waals surface area contributed by atoms with Gasteiger partial charge >= 0.3 is 0 Å². The molecule has 1 atom stereocenters. The maximum atomic E-state index is 8.84. The highest BCUT2D eigenvalue weighted by molar-refractivity contribution is 5.42. The van der Waals surface area contributed by atoms with E-state index in [2.05, 4.69) is 12.2 Å². The average Bonchev–Trinajstić information content (AvgIpc) is 2.37. The summed E-state index contributed by atoms with van der Waals surface area (Å²) in [5.74, 6) is 1.53. The van der Waals surface area contributed by atoms with Gasteiger partial charge in [0, 0.05) is 19.2 Å². The minimum atomic E-state index is 0.209. The van der Waals surface area contributed by atoms with Crippen LogP contribution in [0.5, 0.6) is 11.5 Å². The second-order valence-electron chi connectivity index (χ2n) is 4.21. The maximum absolute atomic E-state index is 8.84. The number of aliphatic hydroxyl groups is 1. The van der Waals surface area contributed by atoms with Crippen molar-refractivity contribution in [3.05, 3.63) is 23.8 Å². The van der Waals surface area contributed by atoms with Crippen LogP contribution in [0.1, 0.15) is 25.8 Å². The van der Waals surface area contributed by atoms with Crippen LogP contribution in [0.4, 0.5) is 0 Å². The Kier molecular flexibility index (Phi) is 6.54. The molecule has 1 aromatic carbocycles. The first kappa shape index (κ1) is 14.8. The zero-order valence-corrected chi connectivity index (χ0v) is 11.4. The number of methoxy groups -OCH3 is 1. The number of ether oxygens (including phenoxy) is 2. The van der Waals surface area contributed by atoms with Gasteiger partial charge in [0.15, 0.2) is 11.5 Å². The molecule has 0 aromatic heterocycles. The number of rotatable bonds is 8. The number of nitrogens with one attached hydrogen (secondary N) is 1. The number of hydrogen-bond donors (Lipinski definition) is 2. The third-order valence-corrected chi connectivity index (χ3v) is 2.74. The predicted molar refractivity (Wildman–Crippen MR) is 72.2 cm³/mol. The molecule has 4 heteroatoms. The van der Waals surface area contributed by atoms with Crippen LogP contribution in [0.15, 0.2) is 18.2 Å². The van der Waals surface area contributed by atoms with Gasteiger partial charge in [-0.25, -0.2) is 0 Å². The van der Waals surface area contributed by atoms with E-state index in [9.17, 15) is 0 Å². The van der Waals surface area contributed by atoms with E-state index in [-0.39, 0.29) is 6.61 Å². The normalized spacial score (nSPS) is 12.2. The zero-order chi connectivity index (χ0) is 13.4. The van der Waals surface area contributed by atoms with Crippen LogP contribution in [0.2, 0.25) is 0 Å². The molecule has 0 heterocycles. The molecule has 18 heavy (non-hydrogen) atoms. The molecule has 0 saturated carbocycles. The first-order valence-electron chi connectivity index (χ1n) is 6.35. The molecular weight excluding hydrogens is 230 g/mol. The first-order valence-corrected chi connectivity index (χ1v) is 6.35. The number of benzene rings is 1. The van der Waals surface area contributed by atoms with Crippen molar-refractivity contribution < 1.29 is 14.6 Å². The van der Waals surface area contributed by atoms with E-state index < -0.39 is 0 Å². The Morgan fingerprint density at radius 2 is 2.11 bits per heavy atom. The number of aliphatic hydroxyl groups excluding tert-OH is 1. The van der Waals surface area contributed by atoms with Crippen LogP contribution in [0.3, 0.4) is 0 Å². The highest BCUT2D eigenvalue weighted by Crippen LogP contribution is 2.27. The summed E-state index contributed by atoms with van der Waals surface area (Å²) in [4.78, 5) is 0. The van der Waals surface area contributed by atoms with Gasteiger partial charge in [0.25, 0.3) is 0 Å². The van der Waals surface area contributed by atoms with E-state index in [1.165, 1.54) is 0 Å². The highest BCUT2D eigenvalue weighted by Gasteiger charge is 2.06. The van der Waals surface area contributed by atoms with Gasteiger partial charge in [-0.1, -0.05) is 6.07 Å². The van der Waals surface area contributed by atoms with Crippen LogP contribution in [0, 0.1) is 0 Å². The third-order valence-electron chi connectivity index (χ3n) is 2.74. The van der Waals surface area contributed by atoms with Gasteiger partial charge in [-0.2, -0.15) is 0 Å². The van der Waals surface area contributed by atoms with Crippen LogP contribution in [-0.2, 0) is 6.54 Å². The molecule has 0 aliphatic rings. The summed E-state index contributed by atoms with van der Waals surface area (Å²) >= 11 is 0. The van der Waals surface area contributed by atoms with Crippen molar-refractivity contribution in [2.45, 2.75) is 32.9 Å². The fraction of sp³-hybridized carbons (Fsp3) is 0.571. The molecule has 0 aliphatic heterocycles. The van der Waals surface area contributed by atoms with Gasteiger partial charge < -0.3 is 19.9 Å². The van der Waals surface area contributed by atoms with E-state index in [1.807, 2.05) is 25.1 Å². The lowest BCUT2D eigenvalue weighted by Crippen LogP contribution is -2.26. The molecule has 102 valence electrons. The van der Waals surface area contributed by atoms with E-state index in [0.29, 0.717) is 12.6 Å². The fourth-order valence-electron chi connectivity index (χ4n) is 1.69. The SMILES string of the molecule is CCOc1cc(CNC(C)CCO)ccc1OC. The van der Waals surface area contributed by atoms with Gasteiger partial charge in [0.05, 0.1) is 13.7 Å². The Labute approximate surface area is 109 Å². The Morgan fingerprint density at radius 3 is 2.72 bits per heavy atom. The Bertz CT molecular complexity index is 355. The maximum Gasteiger partial charge on any atom is 0.161 e. The quantitative estimate of drug-likeness (QED) is 0.743. The lowest BCUT2D eigenvalue weighted by atomic mass is 10.1. The fourth-order valence-corrected chi connectivity index (χ4v) is 1.69. The van der Waals surface area contributed by atoms with Gasteiger partial charge in [-0.3, -0.25) is 0 Å². The summed E-state index contributed by atoms with van der Waals surface area (Å²) in [7, 11) is 1.64. The summed E-state index contributed by atoms with van der Waals surface area (Å²) in [6, 6.07) is 6.22. The Balaban J connectivity index is 2.63. The standard InChI is InChI=1S/C14H23NO3/c1-4-18-14-9-12(5-6-13(14)17-3)10-15-11(2)7-8-16/h5-6,9,11,15-16H,4,7-8,10H2,1-3H3. The Morgan fingerprint density at radius 1 is 1.33 bits per heavy atom. The van der Waals surface area contributed by atoms with Crippen LogP contribution >= 0.6 is 0 Å². The molecule has 0 aliphatic carbocycles. The molecule has 2 N–H and O–H groups in total. The minimum absolute atomic E-state index is 0.209. The summed E-state index contributed by atoms with van der Waals surface area (Å²) in [6.45, 7) is 5.59. The molecule has 1 unspecified atom stereocenters. The summed E-state index contributed by atoms with van der Waals surface area (Å²) in [5, 5.41) is 12.2. The molecule has 1 aromatic rings. The van der Waals surface area contributed by atoms with E-state index in [1.54, 1.807) is 7.11 Å². The highest BCUT2D eigenvalue weighted by atomic mass is 16.5. The van der Waals surface area contributed by atoms with E-state index in [0.717, 1.165) is 30.0 Å². The molecule has 0 bridgehead atoms. The molecule has 0 saturated heterocycles. The van der Waals surface area contributed by atoms with E-state index in [4.69, 9.17) is 14.6 Å². The summed E-state index contributed by atoms with van der Waals surface area (Å²) in [5.41, 5.74) is 1.14. The van der Waals surface area contributed by atoms with Gasteiger partial charge in [0.1, 0.15) is 0 Å². The lowest BCUT2D eigenvalue weighted by Gasteiger charge is -2.14. The van der Waals surface area contributed by atoms with Crippen molar-refractivity contribution in [1.82, 2.24) is 5.32 Å². The van der Waals surface area contributed by atoms with Gasteiger partial charge in [-0.15, -0.1) is 0 Å². The second kappa shape index (κ2) is 7.95. The molecule has 0 fully saturated rings. The van der Waals surface area contributed by atoms with Crippen LogP contribution in [0.25, 0.3) is 0 Å². The molecule has 0 radical (unpaired) electrons. The van der Waals surface area contributed by atoms with Crippen molar-refractivity contribution in [3.63, 3.8) is 0 Å². The van der Waals surface area contributed by atoms with Crippen molar-refractivity contribution in [2.24, 2.45) is 0 Å². The monoisotopic (exact) mass is 253 g/mol. The molecule has 1 rings (SSSR count). The molecule has 0 spiro atoms. The third kappa shape index (κ3) is 4.55. The predicted octanol–water partition coefficient (Wildman–Crippen LogP) is 1.95.